The van der Waals surface area contributed by atoms with Gasteiger partial charge in [-0.25, -0.2) is 4.79 Å². The van der Waals surface area contributed by atoms with Gasteiger partial charge in [0.15, 0.2) is 5.41 Å². The molecule has 30 heavy (non-hydrogen) atoms. The first-order valence-electron chi connectivity index (χ1n) is 10.0. The van der Waals surface area contributed by atoms with Crippen molar-refractivity contribution in [3.63, 3.8) is 0 Å². The second kappa shape index (κ2) is 6.69. The highest BCUT2D eigenvalue weighted by Gasteiger charge is 2.64. The van der Waals surface area contributed by atoms with Crippen molar-refractivity contribution in [2.24, 2.45) is 10.4 Å². The molecule has 3 saturated heterocycles. The van der Waals surface area contributed by atoms with Crippen molar-refractivity contribution < 1.29 is 19.1 Å². The van der Waals surface area contributed by atoms with Crippen molar-refractivity contribution in [2.75, 3.05) is 13.1 Å². The minimum Gasteiger partial charge on any atom is -0.372 e. The highest BCUT2D eigenvalue weighted by Crippen LogP contribution is 2.46. The third-order valence-electron chi connectivity index (χ3n) is 6.35. The second-order valence-corrected chi connectivity index (χ2v) is 8.27. The number of barbiturate groups is 1. The van der Waals surface area contributed by atoms with Crippen LogP contribution in [0.3, 0.4) is 0 Å². The predicted octanol–water partition coefficient (Wildman–Crippen LogP) is 0.133. The van der Waals surface area contributed by atoms with E-state index >= 15 is 0 Å². The molecule has 0 saturated carbocycles. The maximum Gasteiger partial charge on any atom is 0.328 e. The van der Waals surface area contributed by atoms with Crippen molar-refractivity contribution in [3.8, 4) is 0 Å². The number of morpholine rings is 1. The Morgan fingerprint density at radius 3 is 2.63 bits per heavy atom. The Morgan fingerprint density at radius 2 is 1.93 bits per heavy atom. The molecule has 4 aliphatic rings. The van der Waals surface area contributed by atoms with E-state index in [-0.39, 0.29) is 18.4 Å². The number of carbonyl (C=O) groups is 3. The van der Waals surface area contributed by atoms with Crippen LogP contribution in [0.4, 0.5) is 4.79 Å². The quantitative estimate of drug-likeness (QED) is 0.631. The van der Waals surface area contributed by atoms with E-state index in [1.807, 2.05) is 24.8 Å². The maximum atomic E-state index is 13.1. The number of rotatable bonds is 1. The van der Waals surface area contributed by atoms with Gasteiger partial charge in [-0.3, -0.25) is 25.2 Å². The summed E-state index contributed by atoms with van der Waals surface area (Å²) < 4.78 is 6.00. The molecule has 1 spiro atoms. The molecule has 5 heterocycles. The number of dihydropyridines is 1. The third-order valence-corrected chi connectivity index (χ3v) is 6.35. The fourth-order valence-corrected chi connectivity index (χ4v) is 5.20. The fraction of sp³-hybridized carbons (Fsp3) is 0.500. The molecular formula is C20H22N6O4. The lowest BCUT2D eigenvalue weighted by atomic mass is 9.65. The number of ether oxygens (including phenoxy) is 1. The van der Waals surface area contributed by atoms with Crippen molar-refractivity contribution in [3.05, 3.63) is 35.7 Å². The van der Waals surface area contributed by atoms with Crippen LogP contribution in [0.25, 0.3) is 0 Å². The smallest absolute Gasteiger partial charge is 0.328 e. The first kappa shape index (κ1) is 18.9. The van der Waals surface area contributed by atoms with Crippen molar-refractivity contribution in [2.45, 2.75) is 44.4 Å². The van der Waals surface area contributed by atoms with Gasteiger partial charge in [0.2, 0.25) is 11.8 Å². The summed E-state index contributed by atoms with van der Waals surface area (Å²) in [6.45, 7) is 4.86. The third kappa shape index (κ3) is 2.67. The molecule has 10 heteroatoms. The first-order chi connectivity index (χ1) is 14.4. The summed E-state index contributed by atoms with van der Waals surface area (Å²) in [6, 6.07) is 0.531. The summed E-state index contributed by atoms with van der Waals surface area (Å²) in [7, 11) is 0. The van der Waals surface area contributed by atoms with E-state index < -0.39 is 35.4 Å². The highest BCUT2D eigenvalue weighted by molar-refractivity contribution is 6.21. The number of nitrogens with zero attached hydrogens (tertiary/aromatic N) is 4. The number of fused-ring (bicyclic) bond motifs is 4. The zero-order valence-electron chi connectivity index (χ0n) is 16.7. The van der Waals surface area contributed by atoms with Gasteiger partial charge in [0.1, 0.15) is 5.84 Å². The lowest BCUT2D eigenvalue weighted by Gasteiger charge is -2.56. The van der Waals surface area contributed by atoms with E-state index in [1.165, 1.54) is 0 Å². The van der Waals surface area contributed by atoms with Crippen LogP contribution in [-0.4, -0.2) is 70.1 Å². The van der Waals surface area contributed by atoms with Crippen LogP contribution in [-0.2, 0) is 14.3 Å². The highest BCUT2D eigenvalue weighted by atomic mass is 16.5. The average molecular weight is 410 g/mol. The van der Waals surface area contributed by atoms with Crippen LogP contribution in [0.15, 0.2) is 35.1 Å². The van der Waals surface area contributed by atoms with Crippen molar-refractivity contribution >= 4 is 23.7 Å². The average Bonchev–Trinajstić information content (AvgIpc) is 2.71. The zero-order chi connectivity index (χ0) is 21.0. The molecule has 1 unspecified atom stereocenters. The number of aromatic nitrogens is 2. The number of carbonyl (C=O) groups excluding carboxylic acids is 3. The lowest BCUT2D eigenvalue weighted by molar-refractivity contribution is -0.165. The molecule has 10 nitrogen and oxygen atoms in total. The number of aliphatic imine (C=N–C) groups is 1. The minimum atomic E-state index is -1.48. The van der Waals surface area contributed by atoms with Gasteiger partial charge in [-0.2, -0.15) is 10.2 Å². The molecule has 4 aliphatic heterocycles. The molecule has 3 fully saturated rings. The topological polar surface area (TPSA) is 126 Å². The van der Waals surface area contributed by atoms with Crippen LogP contribution in [0.2, 0.25) is 0 Å². The number of hydrogen-bond donors (Lipinski definition) is 2. The van der Waals surface area contributed by atoms with Crippen molar-refractivity contribution in [1.29, 1.82) is 0 Å². The van der Waals surface area contributed by atoms with E-state index in [9.17, 15) is 14.4 Å². The van der Waals surface area contributed by atoms with Crippen molar-refractivity contribution in [1.82, 2.24) is 25.7 Å². The number of amidine groups is 1. The Hall–Kier alpha value is -3.14. The summed E-state index contributed by atoms with van der Waals surface area (Å²) in [5.41, 5.74) is 0.310. The van der Waals surface area contributed by atoms with Crippen LogP contribution < -0.4 is 10.6 Å². The Labute approximate surface area is 172 Å². The standard InChI is InChI=1S/C20H22N6O4/c1-10-9-26-15(11(2)30-10)20(17(27)24-19(29)25-18(20)28)6-13-5-14(7-21-16(13)26)12-3-4-22-23-8-12/h3-5,8,10-11,14-15H,6-7,9H2,1-2H3,(H2,24,25,27,28,29)/t10-,11+,14?,15-/m1/s1. The van der Waals surface area contributed by atoms with E-state index in [2.05, 4.69) is 26.9 Å². The monoisotopic (exact) mass is 410 g/mol. The number of imide groups is 2. The molecule has 0 aromatic carbocycles. The van der Waals surface area contributed by atoms with Gasteiger partial charge in [-0.15, -0.1) is 0 Å². The second-order valence-electron chi connectivity index (χ2n) is 8.27. The Kier molecular flexibility index (Phi) is 4.21. The Morgan fingerprint density at radius 1 is 1.17 bits per heavy atom. The maximum absolute atomic E-state index is 13.1. The van der Waals surface area contributed by atoms with Crippen LogP contribution in [0, 0.1) is 5.41 Å². The molecule has 1 aromatic rings. The minimum absolute atomic E-state index is 0.0277. The number of urea groups is 1. The van der Waals surface area contributed by atoms with Gasteiger partial charge in [0, 0.05) is 25.1 Å². The predicted molar refractivity (Wildman–Crippen MR) is 104 cm³/mol. The van der Waals surface area contributed by atoms with Gasteiger partial charge >= 0.3 is 6.03 Å². The van der Waals surface area contributed by atoms with E-state index in [0.29, 0.717) is 13.1 Å². The van der Waals surface area contributed by atoms with Crippen LogP contribution in [0.1, 0.15) is 31.7 Å². The summed E-state index contributed by atoms with van der Waals surface area (Å²) in [5.74, 6) is -0.420. The summed E-state index contributed by atoms with van der Waals surface area (Å²) in [6.07, 6.45) is 5.04. The molecule has 156 valence electrons. The van der Waals surface area contributed by atoms with Gasteiger partial charge in [-0.05, 0) is 31.1 Å². The molecule has 4 atom stereocenters. The van der Waals surface area contributed by atoms with Gasteiger partial charge in [-0.1, -0.05) is 6.08 Å². The molecule has 4 amide bonds. The Bertz CT molecular complexity index is 970. The van der Waals surface area contributed by atoms with Crippen LogP contribution in [0.5, 0.6) is 0 Å². The molecule has 2 N–H and O–H groups in total. The summed E-state index contributed by atoms with van der Waals surface area (Å²) in [4.78, 5) is 44.9. The fourth-order valence-electron chi connectivity index (χ4n) is 5.20. The van der Waals surface area contributed by atoms with Gasteiger partial charge < -0.3 is 9.64 Å². The molecule has 1 aromatic heterocycles. The SMILES string of the molecule is C[C@@H]1CN2C3=NCC(c4ccnnc4)C=C3CC3(C(=O)NC(=O)NC3=O)[C@H]2[C@H](C)O1. The number of hydrogen-bond acceptors (Lipinski definition) is 8. The molecule has 0 radical (unpaired) electrons. The number of piperidine rings is 1. The van der Waals surface area contributed by atoms with Gasteiger partial charge in [0.05, 0.1) is 31.0 Å². The summed E-state index contributed by atoms with van der Waals surface area (Å²) in [5, 5.41) is 12.4. The molecular weight excluding hydrogens is 388 g/mol. The first-order valence-corrected chi connectivity index (χ1v) is 10.0. The zero-order valence-corrected chi connectivity index (χ0v) is 16.7. The molecule has 0 bridgehead atoms. The van der Waals surface area contributed by atoms with Gasteiger partial charge in [0.25, 0.3) is 0 Å². The summed E-state index contributed by atoms with van der Waals surface area (Å²) >= 11 is 0. The normalized spacial score (nSPS) is 32.5. The Balaban J connectivity index is 1.61. The van der Waals surface area contributed by atoms with E-state index in [0.717, 1.165) is 17.0 Å². The largest absolute Gasteiger partial charge is 0.372 e. The lowest BCUT2D eigenvalue weighted by Crippen LogP contribution is -2.76. The van der Waals surface area contributed by atoms with E-state index in [1.54, 1.807) is 12.4 Å². The number of amides is 4. The molecule has 0 aliphatic carbocycles. The van der Waals surface area contributed by atoms with E-state index in [4.69, 9.17) is 9.73 Å². The molecule has 5 rings (SSSR count). The number of nitrogens with one attached hydrogen (secondary N) is 2. The van der Waals surface area contributed by atoms with Crippen LogP contribution >= 0.6 is 0 Å².